The summed E-state index contributed by atoms with van der Waals surface area (Å²) < 4.78 is 5.53. The summed E-state index contributed by atoms with van der Waals surface area (Å²) in [7, 11) is 0. The number of rotatable bonds is 8. The van der Waals surface area contributed by atoms with Gasteiger partial charge in [0.2, 0.25) is 0 Å². The normalized spacial score (nSPS) is 14.3. The number of fused-ring (bicyclic) bond motifs is 1. The topological polar surface area (TPSA) is 84.0 Å². The average molecular weight is 470 g/mol. The number of aryl methyl sites for hydroxylation is 1. The number of hydrogen-bond donors (Lipinski definition) is 1. The summed E-state index contributed by atoms with van der Waals surface area (Å²) in [6.45, 7) is 5.89. The average Bonchev–Trinajstić information content (AvgIpc) is 3.38. The lowest BCUT2D eigenvalue weighted by Crippen LogP contribution is -2.30. The highest BCUT2D eigenvalue weighted by Crippen LogP contribution is 2.30. The SMILES string of the molecule is Cc1cccc(-c2[nH]cnc2-c2ccc3ncc(C(=O)OCCCCN4CCCCC4)cc3c2)n1. The number of hydrogen-bond acceptors (Lipinski definition) is 6. The van der Waals surface area contributed by atoms with Crippen molar-refractivity contribution in [2.45, 2.75) is 39.0 Å². The largest absolute Gasteiger partial charge is 0.462 e. The first-order valence-electron chi connectivity index (χ1n) is 12.4. The lowest BCUT2D eigenvalue weighted by molar-refractivity contribution is 0.0494. The summed E-state index contributed by atoms with van der Waals surface area (Å²) in [5.41, 5.74) is 5.68. The second kappa shape index (κ2) is 10.8. The predicted octanol–water partition coefficient (Wildman–Crippen LogP) is 5.42. The molecular formula is C28H31N5O2. The van der Waals surface area contributed by atoms with Crippen LogP contribution in [0.4, 0.5) is 0 Å². The fraction of sp³-hybridized carbons (Fsp3) is 0.357. The van der Waals surface area contributed by atoms with E-state index in [2.05, 4.69) is 24.8 Å². The van der Waals surface area contributed by atoms with E-state index in [1.54, 1.807) is 12.5 Å². The minimum Gasteiger partial charge on any atom is -0.462 e. The van der Waals surface area contributed by atoms with E-state index in [0.29, 0.717) is 12.2 Å². The van der Waals surface area contributed by atoms with Gasteiger partial charge >= 0.3 is 5.97 Å². The molecule has 7 heteroatoms. The first-order valence-corrected chi connectivity index (χ1v) is 12.4. The highest BCUT2D eigenvalue weighted by Gasteiger charge is 2.14. The lowest BCUT2D eigenvalue weighted by Gasteiger charge is -2.26. The Kier molecular flexibility index (Phi) is 7.14. The molecular weight excluding hydrogens is 438 g/mol. The van der Waals surface area contributed by atoms with E-state index in [4.69, 9.17) is 4.74 Å². The molecule has 0 radical (unpaired) electrons. The molecule has 1 aliphatic rings. The van der Waals surface area contributed by atoms with Crippen LogP contribution in [0.15, 0.2) is 55.0 Å². The van der Waals surface area contributed by atoms with Crippen LogP contribution in [0.3, 0.4) is 0 Å². The van der Waals surface area contributed by atoms with Gasteiger partial charge in [0.15, 0.2) is 0 Å². The zero-order chi connectivity index (χ0) is 24.0. The molecule has 4 heterocycles. The van der Waals surface area contributed by atoms with Gasteiger partial charge in [-0.05, 0) is 82.6 Å². The van der Waals surface area contributed by atoms with Gasteiger partial charge in [0.05, 0.1) is 41.1 Å². The number of nitrogens with zero attached hydrogens (tertiary/aromatic N) is 4. The van der Waals surface area contributed by atoms with Gasteiger partial charge in [-0.25, -0.2) is 9.78 Å². The Balaban J connectivity index is 1.26. The zero-order valence-corrected chi connectivity index (χ0v) is 20.2. The van der Waals surface area contributed by atoms with E-state index in [9.17, 15) is 4.79 Å². The maximum atomic E-state index is 12.6. The molecule has 0 amide bonds. The third-order valence-corrected chi connectivity index (χ3v) is 6.52. The molecule has 0 spiro atoms. The molecule has 1 saturated heterocycles. The van der Waals surface area contributed by atoms with Crippen molar-refractivity contribution in [2.24, 2.45) is 0 Å². The number of imidazole rings is 1. The van der Waals surface area contributed by atoms with Crippen LogP contribution < -0.4 is 0 Å². The number of aromatic amines is 1. The molecule has 1 aromatic carbocycles. The van der Waals surface area contributed by atoms with Crippen molar-refractivity contribution >= 4 is 16.9 Å². The summed E-state index contributed by atoms with van der Waals surface area (Å²) in [4.78, 5) is 32.0. The maximum absolute atomic E-state index is 12.6. The van der Waals surface area contributed by atoms with Crippen molar-refractivity contribution in [3.8, 4) is 22.6 Å². The Labute approximate surface area is 205 Å². The molecule has 0 unspecified atom stereocenters. The number of aromatic nitrogens is 4. The van der Waals surface area contributed by atoms with Crippen molar-refractivity contribution in [3.63, 3.8) is 0 Å². The summed E-state index contributed by atoms with van der Waals surface area (Å²) >= 11 is 0. The molecule has 35 heavy (non-hydrogen) atoms. The highest BCUT2D eigenvalue weighted by atomic mass is 16.5. The van der Waals surface area contributed by atoms with Gasteiger partial charge in [0.1, 0.15) is 0 Å². The molecule has 1 aliphatic heterocycles. The second-order valence-corrected chi connectivity index (χ2v) is 9.17. The molecule has 1 N–H and O–H groups in total. The van der Waals surface area contributed by atoms with Crippen LogP contribution in [0, 0.1) is 6.92 Å². The van der Waals surface area contributed by atoms with Crippen LogP contribution >= 0.6 is 0 Å². The van der Waals surface area contributed by atoms with Gasteiger partial charge in [-0.1, -0.05) is 18.6 Å². The van der Waals surface area contributed by atoms with Crippen LogP contribution in [0.1, 0.15) is 48.2 Å². The predicted molar refractivity (Wildman–Crippen MR) is 137 cm³/mol. The van der Waals surface area contributed by atoms with E-state index < -0.39 is 0 Å². The lowest BCUT2D eigenvalue weighted by atomic mass is 10.0. The van der Waals surface area contributed by atoms with Crippen LogP contribution in [-0.2, 0) is 4.74 Å². The number of carbonyl (C=O) groups is 1. The summed E-state index contributed by atoms with van der Waals surface area (Å²) in [6, 6.07) is 13.7. The first-order chi connectivity index (χ1) is 17.2. The van der Waals surface area contributed by atoms with Gasteiger partial charge in [-0.2, -0.15) is 0 Å². The number of unbranched alkanes of at least 4 members (excludes halogenated alkanes) is 1. The standard InChI is InChI=1S/C28H31N5O2/c1-20-8-7-9-25(32-20)27-26(30-19-31-27)21-10-11-24-22(16-21)17-23(18-29-24)28(34)35-15-6-5-14-33-12-3-2-4-13-33/h7-11,16-19H,2-6,12-15H2,1H3,(H,30,31). The zero-order valence-electron chi connectivity index (χ0n) is 20.2. The van der Waals surface area contributed by atoms with Gasteiger partial charge < -0.3 is 14.6 Å². The monoisotopic (exact) mass is 469 g/mol. The molecule has 0 saturated carbocycles. The smallest absolute Gasteiger partial charge is 0.339 e. The van der Waals surface area contributed by atoms with Gasteiger partial charge in [0, 0.05) is 22.8 Å². The second-order valence-electron chi connectivity index (χ2n) is 9.17. The number of pyridine rings is 2. The van der Waals surface area contributed by atoms with Crippen molar-refractivity contribution < 1.29 is 9.53 Å². The minimum absolute atomic E-state index is 0.327. The Hall–Kier alpha value is -3.58. The van der Waals surface area contributed by atoms with Crippen molar-refractivity contribution in [2.75, 3.05) is 26.2 Å². The van der Waals surface area contributed by atoms with Crippen LogP contribution in [-0.4, -0.2) is 57.0 Å². The first kappa shape index (κ1) is 23.2. The number of carbonyl (C=O) groups excluding carboxylic acids is 1. The molecule has 1 fully saturated rings. The number of esters is 1. The van der Waals surface area contributed by atoms with E-state index >= 15 is 0 Å². The Morgan fingerprint density at radius 2 is 1.94 bits per heavy atom. The van der Waals surface area contributed by atoms with Crippen molar-refractivity contribution in [1.82, 2.24) is 24.8 Å². The third kappa shape index (κ3) is 5.57. The number of benzene rings is 1. The summed E-state index contributed by atoms with van der Waals surface area (Å²) in [6.07, 6.45) is 9.15. The van der Waals surface area contributed by atoms with Gasteiger partial charge in [0.25, 0.3) is 0 Å². The van der Waals surface area contributed by atoms with E-state index in [0.717, 1.165) is 58.6 Å². The molecule has 0 aliphatic carbocycles. The molecule has 5 rings (SSSR count). The number of nitrogens with one attached hydrogen (secondary N) is 1. The Morgan fingerprint density at radius 1 is 1.06 bits per heavy atom. The van der Waals surface area contributed by atoms with Crippen LogP contribution in [0.5, 0.6) is 0 Å². The Bertz CT molecular complexity index is 1310. The highest BCUT2D eigenvalue weighted by molar-refractivity contribution is 5.95. The molecule has 180 valence electrons. The minimum atomic E-state index is -0.327. The summed E-state index contributed by atoms with van der Waals surface area (Å²) in [5, 5.41) is 0.869. The van der Waals surface area contributed by atoms with Gasteiger partial charge in [-0.3, -0.25) is 9.97 Å². The number of piperidine rings is 1. The summed E-state index contributed by atoms with van der Waals surface area (Å²) in [5.74, 6) is -0.327. The number of likely N-dealkylation sites (tertiary alicyclic amines) is 1. The van der Waals surface area contributed by atoms with Gasteiger partial charge in [-0.15, -0.1) is 0 Å². The fourth-order valence-electron chi connectivity index (χ4n) is 4.65. The fourth-order valence-corrected chi connectivity index (χ4v) is 4.65. The molecule has 0 atom stereocenters. The molecule has 4 aromatic rings. The van der Waals surface area contributed by atoms with Crippen LogP contribution in [0.2, 0.25) is 0 Å². The Morgan fingerprint density at radius 3 is 2.80 bits per heavy atom. The molecule has 3 aromatic heterocycles. The van der Waals surface area contributed by atoms with Crippen molar-refractivity contribution in [3.05, 3.63) is 66.2 Å². The molecule has 7 nitrogen and oxygen atoms in total. The third-order valence-electron chi connectivity index (χ3n) is 6.52. The maximum Gasteiger partial charge on any atom is 0.339 e. The quantitative estimate of drug-likeness (QED) is 0.274. The number of H-pyrrole nitrogens is 1. The van der Waals surface area contributed by atoms with E-state index in [1.807, 2.05) is 49.4 Å². The van der Waals surface area contributed by atoms with Crippen molar-refractivity contribution in [1.29, 1.82) is 0 Å². The van der Waals surface area contributed by atoms with E-state index in [1.165, 1.54) is 32.4 Å². The van der Waals surface area contributed by atoms with Crippen LogP contribution in [0.25, 0.3) is 33.5 Å². The molecule has 0 bridgehead atoms. The number of ether oxygens (including phenoxy) is 1. The van der Waals surface area contributed by atoms with E-state index in [-0.39, 0.29) is 5.97 Å².